The Morgan fingerprint density at radius 1 is 0.262 bits per heavy atom. The predicted molar refractivity (Wildman–Crippen MR) is 173 cm³/mol. The average molecular weight is 915 g/mol. The lowest BCUT2D eigenvalue weighted by atomic mass is 9.65. The zero-order chi connectivity index (χ0) is 46.8. The van der Waals surface area contributed by atoms with Crippen molar-refractivity contribution in [3.8, 4) is 0 Å². The van der Waals surface area contributed by atoms with Crippen LogP contribution >= 0.6 is 0 Å². The Bertz CT molecular complexity index is 2050. The summed E-state index contributed by atoms with van der Waals surface area (Å²) in [4.78, 5) is 0. The maximum atomic E-state index is 16.5. The standard InChI is InChI=1S/C37H24F22N2/c38-28(39,29(40,41)30(42,43)31(44,45)32(46,47)33(48,49)34(50,51)35(52,53)37(57,58)59)27(36(54,55)56,23-9-1-19(2-10-23)17-21-5-13-25(60)14-6-21)24-11-3-20(4-12-24)18-22-7-15-26(61)16-8-22/h1-16H,17-18,60-61H2. The van der Waals surface area contributed by atoms with Gasteiger partial charge in [0.25, 0.3) is 0 Å². The monoisotopic (exact) mass is 914 g/mol. The minimum atomic E-state index is -9.32. The summed E-state index contributed by atoms with van der Waals surface area (Å²) in [6, 6.07) is 12.4. The summed E-state index contributed by atoms with van der Waals surface area (Å²) in [5.74, 6) is -71.4. The first-order chi connectivity index (χ1) is 27.4. The summed E-state index contributed by atoms with van der Waals surface area (Å²) in [5.41, 5.74) is 1.13. The molecule has 0 aromatic heterocycles. The Labute approximate surface area is 328 Å². The van der Waals surface area contributed by atoms with Gasteiger partial charge in [-0.2, -0.15) is 96.6 Å². The van der Waals surface area contributed by atoms with Crippen molar-refractivity contribution in [2.45, 2.75) is 78.0 Å². The molecule has 0 unspecified atom stereocenters. The maximum Gasteiger partial charge on any atom is 0.460 e. The van der Waals surface area contributed by atoms with Crippen LogP contribution in [-0.4, -0.2) is 59.7 Å². The first-order valence-corrected chi connectivity index (χ1v) is 16.4. The third-order valence-corrected chi connectivity index (χ3v) is 9.56. The van der Waals surface area contributed by atoms with Crippen molar-refractivity contribution in [1.82, 2.24) is 0 Å². The fourth-order valence-electron chi connectivity index (χ4n) is 6.12. The van der Waals surface area contributed by atoms with Crippen LogP contribution in [0.2, 0.25) is 0 Å². The van der Waals surface area contributed by atoms with Crippen molar-refractivity contribution in [2.24, 2.45) is 0 Å². The molecule has 0 saturated carbocycles. The van der Waals surface area contributed by atoms with Crippen molar-refractivity contribution in [3.05, 3.63) is 130 Å². The van der Waals surface area contributed by atoms with Gasteiger partial charge in [0.15, 0.2) is 5.41 Å². The number of alkyl halides is 22. The second-order valence-electron chi connectivity index (χ2n) is 13.6. The molecular weight excluding hydrogens is 890 g/mol. The summed E-state index contributed by atoms with van der Waals surface area (Å²) in [7, 11) is 0. The van der Waals surface area contributed by atoms with Gasteiger partial charge in [-0.15, -0.1) is 0 Å². The lowest BCUT2D eigenvalue weighted by molar-refractivity contribution is -0.472. The molecule has 0 aliphatic heterocycles. The minimum Gasteiger partial charge on any atom is -0.399 e. The number of benzene rings is 4. The van der Waals surface area contributed by atoms with Crippen LogP contribution in [0.5, 0.6) is 0 Å². The predicted octanol–water partition coefficient (Wildman–Crippen LogP) is 12.5. The first-order valence-electron chi connectivity index (χ1n) is 16.4. The third kappa shape index (κ3) is 7.33. The zero-order valence-corrected chi connectivity index (χ0v) is 29.6. The molecule has 61 heavy (non-hydrogen) atoms. The molecule has 0 bridgehead atoms. The van der Waals surface area contributed by atoms with Crippen molar-refractivity contribution >= 4 is 11.4 Å². The molecule has 4 aromatic carbocycles. The molecule has 4 aromatic rings. The second-order valence-corrected chi connectivity index (χ2v) is 13.6. The van der Waals surface area contributed by atoms with Gasteiger partial charge in [0.05, 0.1) is 0 Å². The Hall–Kier alpha value is -5.06. The topological polar surface area (TPSA) is 52.0 Å². The lowest BCUT2D eigenvalue weighted by Gasteiger charge is -2.49. The number of nitrogens with two attached hydrogens (primary N) is 2. The summed E-state index contributed by atoms with van der Waals surface area (Å²) < 4.78 is 320. The van der Waals surface area contributed by atoms with Gasteiger partial charge in [-0.05, 0) is 70.5 Å². The molecule has 336 valence electrons. The molecular formula is C37H24F22N2. The van der Waals surface area contributed by atoms with Gasteiger partial charge in [-0.3, -0.25) is 0 Å². The van der Waals surface area contributed by atoms with Crippen LogP contribution in [0.15, 0.2) is 97.1 Å². The number of hydrogen-bond acceptors (Lipinski definition) is 2. The van der Waals surface area contributed by atoms with Crippen LogP contribution in [0, 0.1) is 0 Å². The van der Waals surface area contributed by atoms with E-state index in [1.54, 1.807) is 0 Å². The summed E-state index contributed by atoms with van der Waals surface area (Å²) >= 11 is 0. The summed E-state index contributed by atoms with van der Waals surface area (Å²) in [6.07, 6.45) is -15.9. The van der Waals surface area contributed by atoms with E-state index in [1.165, 1.54) is 48.5 Å². The van der Waals surface area contributed by atoms with Crippen LogP contribution in [0.3, 0.4) is 0 Å². The van der Waals surface area contributed by atoms with Gasteiger partial charge >= 0.3 is 59.7 Å². The number of rotatable bonds is 14. The Morgan fingerprint density at radius 3 is 0.705 bits per heavy atom. The van der Waals surface area contributed by atoms with E-state index in [0.717, 1.165) is 0 Å². The van der Waals surface area contributed by atoms with Crippen LogP contribution in [-0.2, 0) is 18.3 Å². The van der Waals surface area contributed by atoms with Gasteiger partial charge in [-0.25, -0.2) is 0 Å². The van der Waals surface area contributed by atoms with Crippen LogP contribution < -0.4 is 11.5 Å². The van der Waals surface area contributed by atoms with E-state index >= 15 is 39.5 Å². The molecule has 4 rings (SSSR count). The van der Waals surface area contributed by atoms with Gasteiger partial charge < -0.3 is 11.5 Å². The number of halogens is 22. The smallest absolute Gasteiger partial charge is 0.399 e. The molecule has 0 heterocycles. The van der Waals surface area contributed by atoms with Crippen molar-refractivity contribution in [1.29, 1.82) is 0 Å². The SMILES string of the molecule is Nc1ccc(Cc2ccc(C(c3ccc(Cc4ccc(N)cc4)cc3)(C(F)(F)F)C(F)(F)C(F)(F)C(F)(F)C(F)(F)C(F)(F)C(F)(F)C(F)(F)C(F)(F)C(F)(F)F)cc2)cc1. The van der Waals surface area contributed by atoms with E-state index in [2.05, 4.69) is 0 Å². The molecule has 0 atom stereocenters. The first kappa shape index (κ1) is 48.6. The highest BCUT2D eigenvalue weighted by Crippen LogP contribution is 2.69. The molecule has 0 radical (unpaired) electrons. The highest BCUT2D eigenvalue weighted by molar-refractivity contribution is 5.49. The van der Waals surface area contributed by atoms with Crippen LogP contribution in [0.1, 0.15) is 33.4 Å². The molecule has 0 spiro atoms. The number of hydrogen-bond donors (Lipinski definition) is 2. The number of anilines is 2. The average Bonchev–Trinajstić information content (AvgIpc) is 3.13. The molecule has 24 heteroatoms. The van der Waals surface area contributed by atoms with Gasteiger partial charge in [0.1, 0.15) is 0 Å². The largest absolute Gasteiger partial charge is 0.460 e. The Morgan fingerprint density at radius 2 is 0.475 bits per heavy atom. The highest BCUT2D eigenvalue weighted by atomic mass is 19.4. The lowest BCUT2D eigenvalue weighted by Crippen LogP contribution is -2.78. The van der Waals surface area contributed by atoms with E-state index in [9.17, 15) is 57.1 Å². The van der Waals surface area contributed by atoms with Gasteiger partial charge in [0.2, 0.25) is 0 Å². The van der Waals surface area contributed by atoms with E-state index < -0.39 is 76.3 Å². The highest BCUT2D eigenvalue weighted by Gasteiger charge is 2.98. The minimum absolute atomic E-state index is 0.0643. The molecule has 0 saturated heterocycles. The molecule has 0 aliphatic carbocycles. The Balaban J connectivity index is 1.99. The molecule has 0 fully saturated rings. The molecule has 0 aliphatic rings. The fourth-order valence-corrected chi connectivity index (χ4v) is 6.12. The normalized spacial score (nSPS) is 14.7. The Kier molecular flexibility index (Phi) is 12.0. The van der Waals surface area contributed by atoms with E-state index in [4.69, 9.17) is 11.5 Å². The fraction of sp³-hybridized carbons (Fsp3) is 0.351. The van der Waals surface area contributed by atoms with Gasteiger partial charge in [0, 0.05) is 11.4 Å². The van der Waals surface area contributed by atoms with Crippen molar-refractivity contribution in [2.75, 3.05) is 11.5 Å². The van der Waals surface area contributed by atoms with Crippen molar-refractivity contribution in [3.63, 3.8) is 0 Å². The molecule has 2 nitrogen and oxygen atoms in total. The van der Waals surface area contributed by atoms with Crippen LogP contribution in [0.4, 0.5) is 108 Å². The second kappa shape index (κ2) is 15.1. The number of nitrogen functional groups attached to an aromatic ring is 2. The zero-order valence-electron chi connectivity index (χ0n) is 29.6. The summed E-state index contributed by atoms with van der Waals surface area (Å²) in [5, 5.41) is 0. The van der Waals surface area contributed by atoms with Gasteiger partial charge in [-0.1, -0.05) is 72.8 Å². The third-order valence-electron chi connectivity index (χ3n) is 9.56. The van der Waals surface area contributed by atoms with E-state index in [-0.39, 0.29) is 59.6 Å². The van der Waals surface area contributed by atoms with E-state index in [1.807, 2.05) is 0 Å². The van der Waals surface area contributed by atoms with E-state index in [0.29, 0.717) is 35.4 Å². The summed E-state index contributed by atoms with van der Waals surface area (Å²) in [6.45, 7) is 0. The van der Waals surface area contributed by atoms with Crippen LogP contribution in [0.25, 0.3) is 0 Å². The molecule has 4 N–H and O–H groups in total. The van der Waals surface area contributed by atoms with Crippen molar-refractivity contribution < 1.29 is 96.6 Å². The maximum absolute atomic E-state index is 16.5. The quantitative estimate of drug-likeness (QED) is 0.0978. The molecule has 0 amide bonds.